The van der Waals surface area contributed by atoms with Crippen molar-refractivity contribution in [2.75, 3.05) is 35.8 Å². The highest BCUT2D eigenvalue weighted by Gasteiger charge is 2.48. The molecule has 3 aliphatic heterocycles. The van der Waals surface area contributed by atoms with Gasteiger partial charge in [-0.1, -0.05) is 78.0 Å². The van der Waals surface area contributed by atoms with E-state index in [1.54, 1.807) is 89.9 Å². The fraction of sp³-hybridized carbons (Fsp3) is 0.600. The first-order valence-corrected chi connectivity index (χ1v) is 32.0. The molecule has 1 aromatic carbocycles. The van der Waals surface area contributed by atoms with Gasteiger partial charge < -0.3 is 75.0 Å². The molecule has 3 saturated heterocycles. The molecule has 504 valence electrons. The van der Waals surface area contributed by atoms with E-state index in [1.807, 2.05) is 26.0 Å². The van der Waals surface area contributed by atoms with Crippen LogP contribution in [0.25, 0.3) is 33.5 Å². The van der Waals surface area contributed by atoms with Crippen LogP contribution in [-0.4, -0.2) is 190 Å². The maximum absolute atomic E-state index is 12.2. The number of carbonyl (C=O) groups excluding carboxylic acids is 3. The number of fused-ring (bicyclic) bond motifs is 3. The Morgan fingerprint density at radius 3 is 1.38 bits per heavy atom. The van der Waals surface area contributed by atoms with Crippen LogP contribution in [0.5, 0.6) is 0 Å². The Bertz CT molecular complexity index is 3600. The third-order valence-electron chi connectivity index (χ3n) is 17.6. The van der Waals surface area contributed by atoms with Crippen LogP contribution in [0.15, 0.2) is 80.2 Å². The lowest BCUT2D eigenvalue weighted by atomic mass is 9.97. The van der Waals surface area contributed by atoms with Crippen LogP contribution < -0.4 is 16.0 Å². The number of benzene rings is 1. The zero-order valence-corrected chi connectivity index (χ0v) is 52.4. The molecule has 28 heteroatoms. The number of aliphatic hydroxyl groups is 6. The van der Waals surface area contributed by atoms with Crippen molar-refractivity contribution in [3.8, 4) is 0 Å². The minimum atomic E-state index is -1.24. The maximum Gasteiger partial charge on any atom is 0.338 e. The molecule has 7 aromatic rings. The smallest absolute Gasteiger partial charge is 0.338 e. The normalized spacial score (nSPS) is 26.6. The standard InChI is InChI=1S/C22H25N5O5.2C21H30N4O5.CH4/c28-17-15(10-31-22(30)13-6-2-1-3-7-13)32-21(18(17)29)27-12-25-16-19(23-11-24-20(16)27)26-14-8-4-5-9-14;1-21(2,3)20(28)29-10-14-16(26)17(27)19(30-14)25-11-23-15-13(8-9-22-18(15)25)24-12-6-4-5-7-12;1-12(2)9-16(26)29-10-15-18(27)19(28)21(30-15)25-11-23-17-14(7-8-22-20(17)25)24-13-5-3-4-6-13;/h1-3,6-7,11-12,14-15,17-18,21,28-29H,4-5,8-10H2,(H,23,24,26);8-9,11-12,14,16-17,19,26-27H,4-7,10H2,1-3H3,(H,22,24);7-8,11-13,15,18-19,21,27-28H,3-6,9-10H2,1-2H3,(H,22,24);1H4/t15-,17-,18-,21-;14-,16-,17-,19-;15-,18-,19-,21-;/m111./s1. The van der Waals surface area contributed by atoms with E-state index in [0.717, 1.165) is 49.9 Å². The first-order valence-electron chi connectivity index (χ1n) is 32.0. The Morgan fingerprint density at radius 1 is 0.527 bits per heavy atom. The van der Waals surface area contributed by atoms with Gasteiger partial charge in [0.2, 0.25) is 0 Å². The molecule has 0 amide bonds. The first-order chi connectivity index (χ1) is 44.3. The number of hydrogen-bond donors (Lipinski definition) is 9. The van der Waals surface area contributed by atoms with Crippen LogP contribution in [0.4, 0.5) is 17.2 Å². The Hall–Kier alpha value is -7.54. The van der Waals surface area contributed by atoms with E-state index < -0.39 is 91.0 Å². The zero-order valence-electron chi connectivity index (χ0n) is 52.4. The van der Waals surface area contributed by atoms with Crippen molar-refractivity contribution in [1.29, 1.82) is 0 Å². The van der Waals surface area contributed by atoms with Crippen molar-refractivity contribution in [2.24, 2.45) is 11.3 Å². The molecule has 12 atom stereocenters. The average Bonchev–Trinajstić information content (AvgIpc) is 1.65. The fourth-order valence-corrected chi connectivity index (χ4v) is 12.5. The van der Waals surface area contributed by atoms with Crippen molar-refractivity contribution in [1.82, 2.24) is 48.6 Å². The van der Waals surface area contributed by atoms with Crippen molar-refractivity contribution >= 4 is 68.6 Å². The Labute approximate surface area is 538 Å². The van der Waals surface area contributed by atoms with Gasteiger partial charge in [-0.3, -0.25) is 23.3 Å². The highest BCUT2D eigenvalue weighted by atomic mass is 16.6. The Morgan fingerprint density at radius 2 is 0.935 bits per heavy atom. The van der Waals surface area contributed by atoms with E-state index in [0.29, 0.717) is 69.4 Å². The molecular weight excluding hydrogens is 1200 g/mol. The predicted molar refractivity (Wildman–Crippen MR) is 340 cm³/mol. The summed E-state index contributed by atoms with van der Waals surface area (Å²) in [6.45, 7) is 8.65. The minimum Gasteiger partial charge on any atom is -0.463 e. The summed E-state index contributed by atoms with van der Waals surface area (Å²) in [4.78, 5) is 66.9. The molecule has 28 nitrogen and oxygen atoms in total. The maximum atomic E-state index is 12.2. The molecule has 0 unspecified atom stereocenters. The van der Waals surface area contributed by atoms with Crippen LogP contribution in [0.2, 0.25) is 0 Å². The number of carbonyl (C=O) groups is 3. The zero-order chi connectivity index (χ0) is 64.8. The first kappa shape index (κ1) is 68.3. The SMILES string of the molecule is C.CC(C)(C)C(=O)OC[C@H]1O[C@@H](n2cnc3c(NC4CCCC4)ccnc32)[C@H](O)[C@@H]1O.CC(C)CC(=O)OC[C@H]1O[C@@H](n2cnc3c(NC4CCCC4)ccnc32)[C@H](O)[C@@H]1O.O=C(OC[C@H]1O[C@@H](n2cnc3c(NC4CCCC4)ncnc32)[C@H](O)[C@@H]1O)c1ccccc1. The summed E-state index contributed by atoms with van der Waals surface area (Å²) in [6.07, 6.45) is 11.3. The van der Waals surface area contributed by atoms with Gasteiger partial charge in [-0.2, -0.15) is 0 Å². The van der Waals surface area contributed by atoms with Gasteiger partial charge in [-0.05, 0) is 89.5 Å². The molecular formula is C65H89N13O15. The molecule has 0 spiro atoms. The van der Waals surface area contributed by atoms with E-state index in [1.165, 1.54) is 51.2 Å². The quantitative estimate of drug-likeness (QED) is 0.0337. The molecule has 3 aliphatic carbocycles. The number of pyridine rings is 2. The fourth-order valence-electron chi connectivity index (χ4n) is 12.5. The second kappa shape index (κ2) is 30.2. The van der Waals surface area contributed by atoms with Gasteiger partial charge in [0.15, 0.2) is 47.0 Å². The van der Waals surface area contributed by atoms with Gasteiger partial charge in [0.05, 0.1) is 41.3 Å². The van der Waals surface area contributed by atoms with Crippen LogP contribution in [-0.2, 0) is 38.0 Å². The summed E-state index contributed by atoms with van der Waals surface area (Å²) in [6, 6.07) is 13.6. The third kappa shape index (κ3) is 15.7. The molecule has 6 fully saturated rings. The van der Waals surface area contributed by atoms with Gasteiger partial charge in [0.1, 0.15) is 92.1 Å². The number of aromatic nitrogens is 10. The summed E-state index contributed by atoms with van der Waals surface area (Å²) < 4.78 is 38.2. The number of esters is 3. The number of anilines is 3. The van der Waals surface area contributed by atoms with Crippen molar-refractivity contribution in [2.45, 2.75) is 217 Å². The molecule has 13 rings (SSSR count). The number of imidazole rings is 3. The highest BCUT2D eigenvalue weighted by Crippen LogP contribution is 2.38. The second-order valence-electron chi connectivity index (χ2n) is 26.0. The highest BCUT2D eigenvalue weighted by molar-refractivity contribution is 5.89. The van der Waals surface area contributed by atoms with Crippen LogP contribution in [0.1, 0.15) is 155 Å². The van der Waals surface area contributed by atoms with E-state index in [-0.39, 0.29) is 39.1 Å². The molecule has 0 radical (unpaired) electrons. The number of hydrogen-bond acceptors (Lipinski definition) is 25. The van der Waals surface area contributed by atoms with Gasteiger partial charge in [0.25, 0.3) is 0 Å². The van der Waals surface area contributed by atoms with E-state index in [9.17, 15) is 45.0 Å². The minimum absolute atomic E-state index is 0. The van der Waals surface area contributed by atoms with Gasteiger partial charge in [-0.25, -0.2) is 39.7 Å². The summed E-state index contributed by atoms with van der Waals surface area (Å²) in [5.41, 5.74) is 5.10. The molecule has 9 heterocycles. The van der Waals surface area contributed by atoms with Crippen LogP contribution in [0.3, 0.4) is 0 Å². The molecule has 6 aromatic heterocycles. The summed E-state index contributed by atoms with van der Waals surface area (Å²) in [5, 5.41) is 73.6. The van der Waals surface area contributed by atoms with Crippen molar-refractivity contribution in [3.63, 3.8) is 0 Å². The number of nitrogens with zero attached hydrogens (tertiary/aromatic N) is 10. The lowest BCUT2D eigenvalue weighted by Gasteiger charge is -2.20. The predicted octanol–water partition coefficient (Wildman–Crippen LogP) is 6.28. The number of nitrogens with one attached hydrogen (secondary N) is 3. The number of ether oxygens (including phenoxy) is 6. The Balaban J connectivity index is 0.000000152. The van der Waals surface area contributed by atoms with E-state index in [4.69, 9.17) is 28.4 Å². The van der Waals surface area contributed by atoms with Crippen molar-refractivity contribution in [3.05, 3.63) is 85.7 Å². The lowest BCUT2D eigenvalue weighted by molar-refractivity contribution is -0.159. The van der Waals surface area contributed by atoms with Crippen molar-refractivity contribution < 1.29 is 73.4 Å². The summed E-state index contributed by atoms with van der Waals surface area (Å²) in [7, 11) is 0. The topological polar surface area (TPSA) is 369 Å². The molecule has 6 aliphatic rings. The molecule has 9 N–H and O–H groups in total. The lowest BCUT2D eigenvalue weighted by Crippen LogP contribution is -2.35. The van der Waals surface area contributed by atoms with E-state index >= 15 is 0 Å². The monoisotopic (exact) mass is 1290 g/mol. The third-order valence-corrected chi connectivity index (χ3v) is 17.6. The largest absolute Gasteiger partial charge is 0.463 e. The van der Waals surface area contributed by atoms with Crippen LogP contribution >= 0.6 is 0 Å². The molecule has 3 saturated carbocycles. The van der Waals surface area contributed by atoms with Gasteiger partial charge >= 0.3 is 17.9 Å². The van der Waals surface area contributed by atoms with Gasteiger partial charge in [0, 0.05) is 36.9 Å². The van der Waals surface area contributed by atoms with Crippen LogP contribution in [0, 0.1) is 11.3 Å². The van der Waals surface area contributed by atoms with Gasteiger partial charge in [-0.15, -0.1) is 0 Å². The summed E-state index contributed by atoms with van der Waals surface area (Å²) >= 11 is 0. The Kier molecular flexibility index (Phi) is 22.2. The summed E-state index contributed by atoms with van der Waals surface area (Å²) in [5.74, 6) is -0.449. The van der Waals surface area contributed by atoms with E-state index in [2.05, 4.69) is 50.8 Å². The second-order valence-corrected chi connectivity index (χ2v) is 26.0. The molecule has 93 heavy (non-hydrogen) atoms. The number of aliphatic hydroxyl groups excluding tert-OH is 6. The average molecular weight is 1290 g/mol. The number of rotatable bonds is 18. The molecule has 0 bridgehead atoms.